The van der Waals surface area contributed by atoms with Gasteiger partial charge >= 0.3 is 0 Å². The van der Waals surface area contributed by atoms with E-state index in [-0.39, 0.29) is 360 Å². The normalized spacial score (nSPS) is 4.96. The second kappa shape index (κ2) is 50.5. The van der Waals surface area contributed by atoms with Gasteiger partial charge in [0.25, 0.3) is 0 Å². The summed E-state index contributed by atoms with van der Waals surface area (Å²) in [5.41, 5.74) is 1.11. The molecule has 97 valence electrons. The molecule has 0 unspecified atom stereocenters. The Labute approximate surface area is 427 Å². The predicted molar refractivity (Wildman–Crippen MR) is 55.6 cm³/mol. The molecule has 0 saturated heterocycles. The number of ether oxygens (including phenoxy) is 1. The van der Waals surface area contributed by atoms with Crippen LogP contribution in [0.4, 0.5) is 0 Å². The van der Waals surface area contributed by atoms with Gasteiger partial charge in [-0.05, 0) is 18.5 Å². The SMILES string of the molecule is CSC(=S)Oc1[c-]cc(C)c[c-]1.[Y].[Y].[Y].[Y].[Y].[Y].[Y].[Y].[Y].[Y].[Y]. The van der Waals surface area contributed by atoms with Crippen LogP contribution >= 0.6 is 24.0 Å². The number of thiocarbonyl (C=S) groups is 1. The van der Waals surface area contributed by atoms with Crippen molar-refractivity contribution in [3.8, 4) is 5.75 Å². The molecular weight excluding hydrogens is 1170 g/mol. The fraction of sp³-hybridized carbons (Fsp3) is 0.222. The first-order chi connectivity index (χ1) is 5.72. The van der Waals surface area contributed by atoms with Crippen molar-refractivity contribution in [3.05, 3.63) is 29.8 Å². The smallest absolute Gasteiger partial charge is 0.221 e. The third-order valence-electron chi connectivity index (χ3n) is 1.21. The number of benzene rings is 1. The molecule has 1 aromatic carbocycles. The maximum atomic E-state index is 5.20. The van der Waals surface area contributed by atoms with Crippen LogP contribution in [0.3, 0.4) is 0 Å². The number of hydrogen-bond acceptors (Lipinski definition) is 3. The molecule has 0 atom stereocenters. The van der Waals surface area contributed by atoms with Gasteiger partial charge in [0.2, 0.25) is 4.38 Å². The molecule has 0 aliphatic rings. The summed E-state index contributed by atoms with van der Waals surface area (Å²) in [5.74, 6) is 0.556. The standard InChI is InChI=1S/C9H8OS2.11Y/c1-7-3-5-8(6-4-7)10-9(11)12-2;;;;;;;;;;;/h3-4H,1-2H3;;;;;;;;;;;/q-2;;;;;;;;;;;. The van der Waals surface area contributed by atoms with Gasteiger partial charge in [-0.25, -0.2) is 0 Å². The molecule has 0 amide bonds. The second-order valence-electron chi connectivity index (χ2n) is 2.21. The van der Waals surface area contributed by atoms with Crippen LogP contribution in [-0.2, 0) is 360 Å². The Morgan fingerprint density at radius 1 is 0.826 bits per heavy atom. The van der Waals surface area contributed by atoms with Crippen LogP contribution in [0.15, 0.2) is 12.1 Å². The van der Waals surface area contributed by atoms with Crippen LogP contribution in [0.1, 0.15) is 5.56 Å². The molecule has 1 nitrogen and oxygen atoms in total. The van der Waals surface area contributed by atoms with Gasteiger partial charge in [-0.1, -0.05) is 11.8 Å². The minimum atomic E-state index is 0. The summed E-state index contributed by atoms with van der Waals surface area (Å²) in [4.78, 5) is 0. The molecule has 0 aromatic heterocycles. The van der Waals surface area contributed by atoms with Crippen molar-refractivity contribution in [1.82, 2.24) is 0 Å². The molecule has 11 radical (unpaired) electrons. The summed E-state index contributed by atoms with van der Waals surface area (Å²) in [7, 11) is 0. The van der Waals surface area contributed by atoms with Gasteiger partial charge in [0, 0.05) is 360 Å². The van der Waals surface area contributed by atoms with Crippen LogP contribution < -0.4 is 4.74 Å². The van der Waals surface area contributed by atoms with Crippen molar-refractivity contribution in [2.45, 2.75) is 6.92 Å². The first-order valence-electron chi connectivity index (χ1n) is 3.38. The van der Waals surface area contributed by atoms with Gasteiger partial charge in [0.15, 0.2) is 0 Å². The molecule has 0 saturated carbocycles. The molecule has 0 spiro atoms. The van der Waals surface area contributed by atoms with Crippen LogP contribution in [0.2, 0.25) is 0 Å². The van der Waals surface area contributed by atoms with E-state index < -0.39 is 0 Å². The summed E-state index contributed by atoms with van der Waals surface area (Å²) in [6, 6.07) is 9.53. The Kier molecular flexibility index (Phi) is 154. The van der Waals surface area contributed by atoms with Gasteiger partial charge in [-0.3, -0.25) is 17.7 Å². The molecule has 23 heavy (non-hydrogen) atoms. The van der Waals surface area contributed by atoms with Crippen molar-refractivity contribution >= 4 is 28.4 Å². The molecule has 1 aromatic rings. The molecule has 0 N–H and O–H groups in total. The summed E-state index contributed by atoms with van der Waals surface area (Å²) in [5, 5.41) is 0. The van der Waals surface area contributed by atoms with Crippen molar-refractivity contribution in [2.24, 2.45) is 0 Å². The van der Waals surface area contributed by atoms with Gasteiger partial charge in [0.05, 0.1) is 0 Å². The van der Waals surface area contributed by atoms with E-state index in [1.165, 1.54) is 11.8 Å². The van der Waals surface area contributed by atoms with E-state index in [1.54, 1.807) is 0 Å². The zero-order valence-electron chi connectivity index (χ0n) is 13.2. The number of thioether (sulfide) groups is 1. The minimum Gasteiger partial charge on any atom is -0.493 e. The molecule has 0 fully saturated rings. The maximum absolute atomic E-state index is 5.20. The van der Waals surface area contributed by atoms with E-state index in [1.807, 2.05) is 25.3 Å². The van der Waals surface area contributed by atoms with E-state index in [9.17, 15) is 0 Å². The number of aryl methyl sites for hydroxylation is 1. The number of rotatable bonds is 1. The predicted octanol–water partition coefficient (Wildman–Crippen LogP) is 2.59. The fourth-order valence-corrected chi connectivity index (χ4v) is 0.876. The molecule has 14 heteroatoms. The molecule has 0 aliphatic carbocycles. The molecular formula is C9H8OS2Y11-2. The van der Waals surface area contributed by atoms with Crippen LogP contribution in [0.25, 0.3) is 0 Å². The monoisotopic (exact) mass is 1170 g/mol. The van der Waals surface area contributed by atoms with Gasteiger partial charge in [-0.2, -0.15) is 0 Å². The van der Waals surface area contributed by atoms with Gasteiger partial charge in [0.1, 0.15) is 0 Å². The third kappa shape index (κ3) is 44.0. The largest absolute Gasteiger partial charge is 0.493 e. The first kappa shape index (κ1) is 70.1. The minimum absolute atomic E-state index is 0. The Morgan fingerprint density at radius 2 is 1.13 bits per heavy atom. The second-order valence-corrected chi connectivity index (χ2v) is 3.61. The van der Waals surface area contributed by atoms with Crippen molar-refractivity contribution in [3.63, 3.8) is 0 Å². The fourth-order valence-electron chi connectivity index (χ4n) is 0.626. The summed E-state index contributed by atoms with van der Waals surface area (Å²) in [6.45, 7) is 1.98. The van der Waals surface area contributed by atoms with Crippen LogP contribution in [0, 0.1) is 19.1 Å². The Balaban J connectivity index is -0.0000000145. The van der Waals surface area contributed by atoms with Gasteiger partial charge < -0.3 is 16.9 Å². The van der Waals surface area contributed by atoms with Crippen molar-refractivity contribution in [2.75, 3.05) is 6.26 Å². The van der Waals surface area contributed by atoms with E-state index >= 15 is 0 Å². The molecule has 0 aliphatic heterocycles. The van der Waals surface area contributed by atoms with Crippen LogP contribution in [0.5, 0.6) is 5.75 Å². The summed E-state index contributed by atoms with van der Waals surface area (Å²) in [6.07, 6.45) is 1.87. The average molecular weight is 1170 g/mol. The third-order valence-corrected chi connectivity index (χ3v) is 2.21. The zero-order valence-corrected chi connectivity index (χ0v) is 46.1. The van der Waals surface area contributed by atoms with E-state index in [0.717, 1.165) is 5.56 Å². The van der Waals surface area contributed by atoms with E-state index in [0.29, 0.717) is 10.1 Å². The zero-order chi connectivity index (χ0) is 8.97. The van der Waals surface area contributed by atoms with E-state index in [4.69, 9.17) is 17.0 Å². The van der Waals surface area contributed by atoms with E-state index in [2.05, 4.69) is 12.1 Å². The molecule has 1 rings (SSSR count). The Morgan fingerprint density at radius 3 is 1.39 bits per heavy atom. The summed E-state index contributed by atoms with van der Waals surface area (Å²) >= 11 is 6.26. The first-order valence-corrected chi connectivity index (χ1v) is 5.01. The average Bonchev–Trinajstić information content (AvgIpc) is 2.09. The summed E-state index contributed by atoms with van der Waals surface area (Å²) < 4.78 is 5.69. The maximum Gasteiger partial charge on any atom is 0.221 e. The van der Waals surface area contributed by atoms with Crippen LogP contribution in [-0.4, -0.2) is 10.6 Å². The molecule has 0 bridgehead atoms. The number of hydrogen-bond donors (Lipinski definition) is 0. The van der Waals surface area contributed by atoms with Gasteiger partial charge in [-0.15, -0.1) is 12.7 Å². The quantitative estimate of drug-likeness (QED) is 0.317. The molecule has 0 heterocycles. The topological polar surface area (TPSA) is 9.23 Å². The van der Waals surface area contributed by atoms with Crippen molar-refractivity contribution < 1.29 is 365 Å². The van der Waals surface area contributed by atoms with Crippen molar-refractivity contribution in [1.29, 1.82) is 0 Å². The Hall–Kier alpha value is 11.6. The Bertz CT molecular complexity index is 289.